The predicted molar refractivity (Wildman–Crippen MR) is 164 cm³/mol. The van der Waals surface area contributed by atoms with Crippen LogP contribution in [0.1, 0.15) is 182 Å². The fourth-order valence-corrected chi connectivity index (χ4v) is 6.20. The van der Waals surface area contributed by atoms with Gasteiger partial charge in [-0.05, 0) is 39.8 Å². The Morgan fingerprint density at radius 3 is 0.833 bits per heavy atom. The van der Waals surface area contributed by atoms with Gasteiger partial charge in [0, 0.05) is 25.2 Å². The highest BCUT2D eigenvalue weighted by atomic mass is 15.3. The monoisotopic (exact) mass is 507 g/mol. The van der Waals surface area contributed by atoms with Crippen molar-refractivity contribution in [3.05, 3.63) is 0 Å². The van der Waals surface area contributed by atoms with Crippen LogP contribution in [0.15, 0.2) is 0 Å². The Bertz CT molecular complexity index is 397. The molecule has 0 aliphatic carbocycles. The predicted octanol–water partition coefficient (Wildman–Crippen LogP) is 10.8. The van der Waals surface area contributed by atoms with Crippen LogP contribution >= 0.6 is 0 Å². The molecule has 0 amide bonds. The summed E-state index contributed by atoms with van der Waals surface area (Å²) >= 11 is 0. The Morgan fingerprint density at radius 2 is 0.583 bits per heavy atom. The minimum Gasteiger partial charge on any atom is -0.298 e. The molecule has 1 rings (SSSR count). The summed E-state index contributed by atoms with van der Waals surface area (Å²) in [6, 6.07) is 1.48. The fraction of sp³-hybridized carbons (Fsp3) is 1.00. The topological polar surface area (TPSA) is 6.48 Å². The van der Waals surface area contributed by atoms with Gasteiger partial charge in [-0.1, -0.05) is 155 Å². The second-order valence-corrected chi connectivity index (χ2v) is 12.5. The Balaban J connectivity index is 1.93. The molecule has 2 nitrogen and oxygen atoms in total. The van der Waals surface area contributed by atoms with Crippen LogP contribution in [-0.2, 0) is 0 Å². The smallest absolute Gasteiger partial charge is 0.0195 e. The maximum Gasteiger partial charge on any atom is 0.0195 e. The lowest BCUT2D eigenvalue weighted by molar-refractivity contribution is 0.0406. The van der Waals surface area contributed by atoms with Crippen molar-refractivity contribution in [1.29, 1.82) is 0 Å². The average Bonchev–Trinajstić information content (AvgIpc) is 2.87. The van der Waals surface area contributed by atoms with E-state index in [1.165, 1.54) is 180 Å². The number of unbranched alkanes of at least 4 members (excludes halogenated alkanes) is 22. The molecule has 1 saturated heterocycles. The first-order valence-electron chi connectivity index (χ1n) is 17.2. The minimum absolute atomic E-state index is 0.742. The van der Waals surface area contributed by atoms with Gasteiger partial charge in [0.15, 0.2) is 0 Å². The molecule has 2 unspecified atom stereocenters. The van der Waals surface area contributed by atoms with Crippen LogP contribution in [0.25, 0.3) is 0 Å². The van der Waals surface area contributed by atoms with Crippen LogP contribution in [-0.4, -0.2) is 48.1 Å². The van der Waals surface area contributed by atoms with Gasteiger partial charge in [0.05, 0.1) is 0 Å². The van der Waals surface area contributed by atoms with E-state index in [2.05, 4.69) is 37.5 Å². The van der Waals surface area contributed by atoms with E-state index in [-0.39, 0.29) is 0 Å². The lowest BCUT2D eigenvalue weighted by atomic mass is 10.0. The molecule has 0 bridgehead atoms. The molecular weight excluding hydrogens is 436 g/mol. The molecule has 1 heterocycles. The van der Waals surface area contributed by atoms with Crippen molar-refractivity contribution in [2.75, 3.05) is 26.2 Å². The van der Waals surface area contributed by atoms with Crippen LogP contribution in [0.3, 0.4) is 0 Å². The summed E-state index contributed by atoms with van der Waals surface area (Å²) in [7, 11) is 0. The number of hydrogen-bond donors (Lipinski definition) is 0. The average molecular weight is 507 g/mol. The van der Waals surface area contributed by atoms with Gasteiger partial charge in [0.25, 0.3) is 0 Å². The SMILES string of the molecule is CCCCCCCCCCCCCCN1CC(C)N(CCCCCCCCCCCCCC)CC1C. The lowest BCUT2D eigenvalue weighted by Crippen LogP contribution is -2.56. The standard InChI is InChI=1S/C34H70N2/c1-5-7-9-11-13-15-17-19-21-23-25-27-29-35-31-34(4)36(32-33(35)3)30-28-26-24-22-20-18-16-14-12-10-8-6-2/h33-34H,5-32H2,1-4H3. The first-order valence-corrected chi connectivity index (χ1v) is 17.2. The number of rotatable bonds is 26. The summed E-state index contributed by atoms with van der Waals surface area (Å²) < 4.78 is 0. The van der Waals surface area contributed by atoms with Crippen molar-refractivity contribution in [3.8, 4) is 0 Å². The number of nitrogens with zero attached hydrogens (tertiary/aromatic N) is 2. The van der Waals surface area contributed by atoms with E-state index < -0.39 is 0 Å². The Kier molecular flexibility index (Phi) is 23.8. The van der Waals surface area contributed by atoms with E-state index in [1.54, 1.807) is 0 Å². The number of hydrogen-bond acceptors (Lipinski definition) is 2. The van der Waals surface area contributed by atoms with Gasteiger partial charge in [-0.25, -0.2) is 0 Å². The van der Waals surface area contributed by atoms with E-state index in [1.807, 2.05) is 0 Å². The van der Waals surface area contributed by atoms with Crippen molar-refractivity contribution in [1.82, 2.24) is 9.80 Å². The minimum atomic E-state index is 0.742. The largest absolute Gasteiger partial charge is 0.298 e. The van der Waals surface area contributed by atoms with Gasteiger partial charge >= 0.3 is 0 Å². The zero-order chi connectivity index (χ0) is 26.1. The first-order chi connectivity index (χ1) is 17.7. The molecule has 1 aliphatic heterocycles. The van der Waals surface area contributed by atoms with Gasteiger partial charge in [-0.3, -0.25) is 9.80 Å². The van der Waals surface area contributed by atoms with Crippen LogP contribution in [0.5, 0.6) is 0 Å². The molecule has 0 aromatic heterocycles. The van der Waals surface area contributed by atoms with Gasteiger partial charge in [-0.2, -0.15) is 0 Å². The molecule has 0 aromatic rings. The highest BCUT2D eigenvalue weighted by Crippen LogP contribution is 2.19. The van der Waals surface area contributed by atoms with Gasteiger partial charge < -0.3 is 0 Å². The van der Waals surface area contributed by atoms with Crippen molar-refractivity contribution in [2.45, 2.75) is 194 Å². The van der Waals surface area contributed by atoms with E-state index in [4.69, 9.17) is 0 Å². The highest BCUT2D eigenvalue weighted by molar-refractivity contribution is 4.84. The van der Waals surface area contributed by atoms with Crippen molar-refractivity contribution >= 4 is 0 Å². The molecule has 0 radical (unpaired) electrons. The molecule has 1 fully saturated rings. The maximum absolute atomic E-state index is 2.79. The van der Waals surface area contributed by atoms with Crippen LogP contribution in [0.2, 0.25) is 0 Å². The Labute approximate surface area is 229 Å². The third kappa shape index (κ3) is 19.1. The van der Waals surface area contributed by atoms with Crippen LogP contribution < -0.4 is 0 Å². The maximum atomic E-state index is 2.79. The van der Waals surface area contributed by atoms with Crippen LogP contribution in [0, 0.1) is 0 Å². The Morgan fingerprint density at radius 1 is 0.361 bits per heavy atom. The molecule has 36 heavy (non-hydrogen) atoms. The molecule has 0 saturated carbocycles. The summed E-state index contributed by atoms with van der Waals surface area (Å²) in [6.45, 7) is 14.8. The summed E-state index contributed by atoms with van der Waals surface area (Å²) in [4.78, 5) is 5.58. The second-order valence-electron chi connectivity index (χ2n) is 12.5. The van der Waals surface area contributed by atoms with Gasteiger partial charge in [-0.15, -0.1) is 0 Å². The molecule has 0 spiro atoms. The molecule has 0 aromatic carbocycles. The summed E-state index contributed by atoms with van der Waals surface area (Å²) in [5.74, 6) is 0. The van der Waals surface area contributed by atoms with Crippen molar-refractivity contribution in [2.24, 2.45) is 0 Å². The lowest BCUT2D eigenvalue weighted by Gasteiger charge is -2.44. The van der Waals surface area contributed by atoms with E-state index in [0.29, 0.717) is 0 Å². The highest BCUT2D eigenvalue weighted by Gasteiger charge is 2.27. The zero-order valence-corrected chi connectivity index (χ0v) is 25.8. The molecule has 2 atom stereocenters. The van der Waals surface area contributed by atoms with Crippen LogP contribution in [0.4, 0.5) is 0 Å². The third-order valence-corrected chi connectivity index (χ3v) is 8.84. The van der Waals surface area contributed by atoms with E-state index in [9.17, 15) is 0 Å². The third-order valence-electron chi connectivity index (χ3n) is 8.84. The quantitative estimate of drug-likeness (QED) is 0.108. The number of piperazine rings is 1. The van der Waals surface area contributed by atoms with E-state index >= 15 is 0 Å². The normalized spacial score (nSPS) is 19.3. The zero-order valence-electron chi connectivity index (χ0n) is 25.8. The first kappa shape index (κ1) is 33.9. The molecule has 2 heteroatoms. The summed E-state index contributed by atoms with van der Waals surface area (Å²) in [5, 5.41) is 0. The summed E-state index contributed by atoms with van der Waals surface area (Å²) in [6.07, 6.45) is 34.8. The van der Waals surface area contributed by atoms with E-state index in [0.717, 1.165) is 12.1 Å². The van der Waals surface area contributed by atoms with Gasteiger partial charge in [0.1, 0.15) is 0 Å². The van der Waals surface area contributed by atoms with Crippen molar-refractivity contribution in [3.63, 3.8) is 0 Å². The van der Waals surface area contributed by atoms with Gasteiger partial charge in [0.2, 0.25) is 0 Å². The molecular formula is C34H70N2. The molecule has 0 N–H and O–H groups in total. The summed E-state index contributed by atoms with van der Waals surface area (Å²) in [5.41, 5.74) is 0. The Hall–Kier alpha value is -0.0800. The second kappa shape index (κ2) is 25.2. The molecule has 216 valence electrons. The van der Waals surface area contributed by atoms with Crippen molar-refractivity contribution < 1.29 is 0 Å². The molecule has 1 aliphatic rings. The fourth-order valence-electron chi connectivity index (χ4n) is 6.20.